The quantitative estimate of drug-likeness (QED) is 0.695. The van der Waals surface area contributed by atoms with Gasteiger partial charge in [0.2, 0.25) is 0 Å². The SMILES string of the molecule is O=C(O)CCCCC(Cc1ccccc1)C(=O)O. The van der Waals surface area contributed by atoms with Gasteiger partial charge in [-0.1, -0.05) is 36.8 Å². The van der Waals surface area contributed by atoms with Crippen molar-refractivity contribution in [1.82, 2.24) is 0 Å². The summed E-state index contributed by atoms with van der Waals surface area (Å²) in [5.41, 5.74) is 1.00. The van der Waals surface area contributed by atoms with Crippen LogP contribution in [0.1, 0.15) is 31.2 Å². The first-order chi connectivity index (χ1) is 8.59. The number of hydrogen-bond acceptors (Lipinski definition) is 2. The van der Waals surface area contributed by atoms with E-state index in [-0.39, 0.29) is 6.42 Å². The van der Waals surface area contributed by atoms with Gasteiger partial charge in [0.25, 0.3) is 0 Å². The second kappa shape index (κ2) is 7.48. The molecule has 1 unspecified atom stereocenters. The summed E-state index contributed by atoms with van der Waals surface area (Å²) in [7, 11) is 0. The van der Waals surface area contributed by atoms with Crippen LogP contribution >= 0.6 is 0 Å². The first-order valence-corrected chi connectivity index (χ1v) is 6.08. The van der Waals surface area contributed by atoms with Crippen LogP contribution in [0.2, 0.25) is 0 Å². The molecule has 1 rings (SSSR count). The molecule has 0 aromatic heterocycles. The summed E-state index contributed by atoms with van der Waals surface area (Å²) < 4.78 is 0. The minimum absolute atomic E-state index is 0.109. The van der Waals surface area contributed by atoms with Gasteiger partial charge in [0.15, 0.2) is 0 Å². The predicted molar refractivity (Wildman–Crippen MR) is 67.4 cm³/mol. The van der Waals surface area contributed by atoms with Gasteiger partial charge in [0.05, 0.1) is 5.92 Å². The number of hydrogen-bond donors (Lipinski definition) is 2. The number of aliphatic carboxylic acids is 2. The van der Waals surface area contributed by atoms with Crippen molar-refractivity contribution in [2.75, 3.05) is 0 Å². The maximum Gasteiger partial charge on any atom is 0.306 e. The van der Waals surface area contributed by atoms with Gasteiger partial charge in [-0.25, -0.2) is 0 Å². The summed E-state index contributed by atoms with van der Waals surface area (Å²) in [4.78, 5) is 21.5. The Bertz CT molecular complexity index is 386. The fourth-order valence-corrected chi connectivity index (χ4v) is 1.88. The number of carboxylic acids is 2. The first kappa shape index (κ1) is 14.2. The molecule has 4 nitrogen and oxygen atoms in total. The molecule has 1 atom stereocenters. The number of benzene rings is 1. The van der Waals surface area contributed by atoms with Crippen LogP contribution in [-0.4, -0.2) is 22.2 Å². The van der Waals surface area contributed by atoms with Gasteiger partial charge in [0, 0.05) is 6.42 Å². The summed E-state index contributed by atoms with van der Waals surface area (Å²) >= 11 is 0. The maximum atomic E-state index is 11.1. The smallest absolute Gasteiger partial charge is 0.306 e. The summed E-state index contributed by atoms with van der Waals surface area (Å²) in [6, 6.07) is 9.49. The van der Waals surface area contributed by atoms with Gasteiger partial charge < -0.3 is 10.2 Å². The van der Waals surface area contributed by atoms with Crippen molar-refractivity contribution in [2.45, 2.75) is 32.1 Å². The largest absolute Gasteiger partial charge is 0.481 e. The van der Waals surface area contributed by atoms with Gasteiger partial charge in [-0.3, -0.25) is 9.59 Å². The van der Waals surface area contributed by atoms with Gasteiger partial charge >= 0.3 is 11.9 Å². The van der Waals surface area contributed by atoms with E-state index in [0.717, 1.165) is 5.56 Å². The Morgan fingerprint density at radius 1 is 1.06 bits per heavy atom. The van der Waals surface area contributed by atoms with E-state index < -0.39 is 17.9 Å². The highest BCUT2D eigenvalue weighted by Crippen LogP contribution is 2.16. The number of carboxylic acid groups (broad SMARTS) is 2. The first-order valence-electron chi connectivity index (χ1n) is 6.08. The third-order valence-electron chi connectivity index (χ3n) is 2.87. The topological polar surface area (TPSA) is 74.6 Å². The zero-order chi connectivity index (χ0) is 13.4. The lowest BCUT2D eigenvalue weighted by Crippen LogP contribution is -2.16. The fraction of sp³-hybridized carbons (Fsp3) is 0.429. The zero-order valence-electron chi connectivity index (χ0n) is 10.2. The lowest BCUT2D eigenvalue weighted by Gasteiger charge is -2.11. The minimum Gasteiger partial charge on any atom is -0.481 e. The number of rotatable bonds is 8. The van der Waals surface area contributed by atoms with E-state index in [4.69, 9.17) is 10.2 Å². The van der Waals surface area contributed by atoms with Gasteiger partial charge in [-0.2, -0.15) is 0 Å². The molecule has 0 fully saturated rings. The lowest BCUT2D eigenvalue weighted by molar-refractivity contribution is -0.142. The molecule has 0 saturated heterocycles. The molecule has 1 aromatic carbocycles. The van der Waals surface area contributed by atoms with Crippen LogP contribution in [0.4, 0.5) is 0 Å². The molecule has 2 N–H and O–H groups in total. The van der Waals surface area contributed by atoms with Crippen molar-refractivity contribution in [3.8, 4) is 0 Å². The molecular formula is C14H18O4. The highest BCUT2D eigenvalue weighted by atomic mass is 16.4. The normalized spacial score (nSPS) is 12.0. The molecule has 0 radical (unpaired) electrons. The highest BCUT2D eigenvalue weighted by Gasteiger charge is 2.17. The van der Waals surface area contributed by atoms with Gasteiger partial charge in [-0.05, 0) is 24.8 Å². The molecule has 0 aliphatic carbocycles. The summed E-state index contributed by atoms with van der Waals surface area (Å²) in [6.07, 6.45) is 2.31. The summed E-state index contributed by atoms with van der Waals surface area (Å²) in [5.74, 6) is -2.07. The van der Waals surface area contributed by atoms with Crippen LogP contribution in [0.25, 0.3) is 0 Å². The maximum absolute atomic E-state index is 11.1. The third-order valence-corrected chi connectivity index (χ3v) is 2.87. The van der Waals surface area contributed by atoms with E-state index in [1.807, 2.05) is 30.3 Å². The van der Waals surface area contributed by atoms with E-state index >= 15 is 0 Å². The fourth-order valence-electron chi connectivity index (χ4n) is 1.88. The second-order valence-corrected chi connectivity index (χ2v) is 4.36. The van der Waals surface area contributed by atoms with Crippen molar-refractivity contribution in [2.24, 2.45) is 5.92 Å². The van der Waals surface area contributed by atoms with Crippen LogP contribution in [-0.2, 0) is 16.0 Å². The molecule has 4 heteroatoms. The Morgan fingerprint density at radius 3 is 2.28 bits per heavy atom. The molecule has 0 spiro atoms. The van der Waals surface area contributed by atoms with Gasteiger partial charge in [0.1, 0.15) is 0 Å². The Kier molecular flexibility index (Phi) is 5.91. The van der Waals surface area contributed by atoms with E-state index in [0.29, 0.717) is 25.7 Å². The predicted octanol–water partition coefficient (Wildman–Crippen LogP) is 2.57. The van der Waals surface area contributed by atoms with Crippen LogP contribution in [0, 0.1) is 5.92 Å². The van der Waals surface area contributed by atoms with Crippen molar-refractivity contribution in [3.05, 3.63) is 35.9 Å². The Balaban J connectivity index is 2.41. The standard InChI is InChI=1S/C14H18O4/c15-13(16)9-5-4-8-12(14(17)18)10-11-6-2-1-3-7-11/h1-3,6-7,12H,4-5,8-10H2,(H,15,16)(H,17,18). The molecule has 0 heterocycles. The Labute approximate surface area is 106 Å². The molecule has 0 aliphatic heterocycles. The third kappa shape index (κ3) is 5.48. The molecule has 0 saturated carbocycles. The number of carbonyl (C=O) groups is 2. The minimum atomic E-state index is -0.829. The van der Waals surface area contributed by atoms with Crippen LogP contribution in [0.3, 0.4) is 0 Å². The van der Waals surface area contributed by atoms with E-state index in [1.54, 1.807) is 0 Å². The van der Waals surface area contributed by atoms with E-state index in [2.05, 4.69) is 0 Å². The average Bonchev–Trinajstić information content (AvgIpc) is 2.33. The Hall–Kier alpha value is -1.84. The highest BCUT2D eigenvalue weighted by molar-refractivity contribution is 5.70. The molecule has 18 heavy (non-hydrogen) atoms. The molecule has 0 bridgehead atoms. The van der Waals surface area contributed by atoms with Gasteiger partial charge in [-0.15, -0.1) is 0 Å². The van der Waals surface area contributed by atoms with Crippen LogP contribution in [0.5, 0.6) is 0 Å². The lowest BCUT2D eigenvalue weighted by atomic mass is 9.94. The zero-order valence-corrected chi connectivity index (χ0v) is 10.2. The second-order valence-electron chi connectivity index (χ2n) is 4.36. The molecule has 0 amide bonds. The summed E-state index contributed by atoms with van der Waals surface area (Å²) in [6.45, 7) is 0. The monoisotopic (exact) mass is 250 g/mol. The Morgan fingerprint density at radius 2 is 1.72 bits per heavy atom. The number of unbranched alkanes of at least 4 members (excludes halogenated alkanes) is 1. The van der Waals surface area contributed by atoms with E-state index in [9.17, 15) is 9.59 Å². The van der Waals surface area contributed by atoms with Crippen molar-refractivity contribution in [1.29, 1.82) is 0 Å². The molecular weight excluding hydrogens is 232 g/mol. The van der Waals surface area contributed by atoms with Crippen molar-refractivity contribution >= 4 is 11.9 Å². The average molecular weight is 250 g/mol. The van der Waals surface area contributed by atoms with Crippen molar-refractivity contribution in [3.63, 3.8) is 0 Å². The van der Waals surface area contributed by atoms with Crippen LogP contribution in [0.15, 0.2) is 30.3 Å². The van der Waals surface area contributed by atoms with E-state index in [1.165, 1.54) is 0 Å². The summed E-state index contributed by atoms with van der Waals surface area (Å²) in [5, 5.41) is 17.6. The van der Waals surface area contributed by atoms with Crippen LogP contribution < -0.4 is 0 Å². The molecule has 1 aromatic rings. The molecule has 0 aliphatic rings. The molecule has 98 valence electrons. The van der Waals surface area contributed by atoms with Crippen molar-refractivity contribution < 1.29 is 19.8 Å².